The summed E-state index contributed by atoms with van der Waals surface area (Å²) in [7, 11) is 3.90. The number of nitrogens with zero attached hydrogens (tertiary/aromatic N) is 3. The lowest BCUT2D eigenvalue weighted by molar-refractivity contribution is 0.564. The van der Waals surface area contributed by atoms with Gasteiger partial charge in [-0.1, -0.05) is 0 Å². The Morgan fingerprint density at radius 1 is 1.54 bits per heavy atom. The smallest absolute Gasteiger partial charge is 0.154 e. The van der Waals surface area contributed by atoms with E-state index in [0.717, 1.165) is 11.6 Å². The average Bonchev–Trinajstić information content (AvgIpc) is 2.89. The number of hydrogen-bond donors (Lipinski definition) is 1. The van der Waals surface area contributed by atoms with Crippen molar-refractivity contribution >= 4 is 0 Å². The van der Waals surface area contributed by atoms with Crippen molar-refractivity contribution in [3.63, 3.8) is 0 Å². The maximum atomic E-state index is 4.53. The molecule has 1 saturated carbocycles. The Hall–Kier alpha value is -0.900. The van der Waals surface area contributed by atoms with E-state index in [9.17, 15) is 0 Å². The third-order valence-corrected chi connectivity index (χ3v) is 2.58. The number of hydrogen-bond acceptors (Lipinski definition) is 3. The Bertz CT molecular complexity index is 301. The van der Waals surface area contributed by atoms with Crippen molar-refractivity contribution in [2.24, 2.45) is 7.05 Å². The van der Waals surface area contributed by atoms with Crippen LogP contribution in [0.25, 0.3) is 0 Å². The summed E-state index contributed by atoms with van der Waals surface area (Å²) in [6, 6.07) is 0.282. The minimum absolute atomic E-state index is 0.282. The summed E-state index contributed by atoms with van der Waals surface area (Å²) in [4.78, 5) is 4.53. The summed E-state index contributed by atoms with van der Waals surface area (Å²) in [6.07, 6.45) is 2.52. The highest BCUT2D eigenvalue weighted by Gasteiger charge is 2.29. The molecule has 4 heteroatoms. The maximum Gasteiger partial charge on any atom is 0.154 e. The molecule has 13 heavy (non-hydrogen) atoms. The van der Waals surface area contributed by atoms with E-state index >= 15 is 0 Å². The fourth-order valence-corrected chi connectivity index (χ4v) is 1.44. The molecule has 1 heterocycles. The predicted octanol–water partition coefficient (Wildman–Crippen LogP) is 0.973. The molecule has 0 bridgehead atoms. The first-order valence-corrected chi connectivity index (χ1v) is 4.80. The largest absolute Gasteiger partial charge is 0.311 e. The molecule has 4 nitrogen and oxygen atoms in total. The van der Waals surface area contributed by atoms with Gasteiger partial charge in [-0.2, -0.15) is 5.10 Å². The molecule has 1 aromatic heterocycles. The van der Waals surface area contributed by atoms with Crippen molar-refractivity contribution in [2.45, 2.75) is 31.7 Å². The Morgan fingerprint density at radius 2 is 2.23 bits per heavy atom. The molecule has 1 fully saturated rings. The van der Waals surface area contributed by atoms with Crippen LogP contribution >= 0.6 is 0 Å². The van der Waals surface area contributed by atoms with Gasteiger partial charge >= 0.3 is 0 Å². The van der Waals surface area contributed by atoms with Crippen molar-refractivity contribution in [2.75, 3.05) is 7.05 Å². The molecular formula is C9H16N4. The summed E-state index contributed by atoms with van der Waals surface area (Å²) in [5.74, 6) is 2.70. The van der Waals surface area contributed by atoms with Crippen LogP contribution in [0.5, 0.6) is 0 Å². The number of rotatable bonds is 3. The van der Waals surface area contributed by atoms with Crippen LogP contribution in [0.2, 0.25) is 0 Å². The molecule has 1 aliphatic carbocycles. The fraction of sp³-hybridized carbons (Fsp3) is 0.778. The van der Waals surface area contributed by atoms with Crippen molar-refractivity contribution in [1.82, 2.24) is 20.1 Å². The third-order valence-electron chi connectivity index (χ3n) is 2.58. The van der Waals surface area contributed by atoms with E-state index < -0.39 is 0 Å². The van der Waals surface area contributed by atoms with Gasteiger partial charge in [-0.3, -0.25) is 4.68 Å². The first kappa shape index (κ1) is 8.69. The zero-order chi connectivity index (χ0) is 9.42. The van der Waals surface area contributed by atoms with E-state index in [0.29, 0.717) is 5.92 Å². The summed E-state index contributed by atoms with van der Waals surface area (Å²) in [5.41, 5.74) is 0. The quantitative estimate of drug-likeness (QED) is 0.753. The lowest BCUT2D eigenvalue weighted by Crippen LogP contribution is -2.16. The topological polar surface area (TPSA) is 42.7 Å². The highest BCUT2D eigenvalue weighted by Crippen LogP contribution is 2.38. The molecule has 0 spiro atoms. The number of nitrogens with one attached hydrogen (secondary N) is 1. The summed E-state index contributed by atoms with van der Waals surface area (Å²) in [5, 5.41) is 7.58. The highest BCUT2D eigenvalue weighted by molar-refractivity contribution is 5.07. The molecule has 1 atom stereocenters. The van der Waals surface area contributed by atoms with E-state index in [-0.39, 0.29) is 6.04 Å². The average molecular weight is 180 g/mol. The molecule has 1 aromatic rings. The normalized spacial score (nSPS) is 19.0. The van der Waals surface area contributed by atoms with Crippen molar-refractivity contribution in [1.29, 1.82) is 0 Å². The Labute approximate surface area is 78.4 Å². The zero-order valence-electron chi connectivity index (χ0n) is 8.41. The summed E-state index contributed by atoms with van der Waals surface area (Å²) in [6.45, 7) is 2.10. The Kier molecular flexibility index (Phi) is 2.07. The predicted molar refractivity (Wildman–Crippen MR) is 50.5 cm³/mol. The molecule has 0 aliphatic heterocycles. The van der Waals surface area contributed by atoms with Crippen LogP contribution < -0.4 is 5.32 Å². The van der Waals surface area contributed by atoms with Crippen LogP contribution in [-0.2, 0) is 7.05 Å². The summed E-state index contributed by atoms with van der Waals surface area (Å²) < 4.78 is 1.88. The molecule has 0 radical (unpaired) electrons. The highest BCUT2D eigenvalue weighted by atomic mass is 15.3. The van der Waals surface area contributed by atoms with E-state index in [1.165, 1.54) is 12.8 Å². The van der Waals surface area contributed by atoms with Crippen LogP contribution in [0.15, 0.2) is 0 Å². The first-order valence-electron chi connectivity index (χ1n) is 4.80. The lowest BCUT2D eigenvalue weighted by Gasteiger charge is -2.07. The molecule has 2 rings (SSSR count). The Balaban J connectivity index is 2.24. The molecule has 1 aliphatic rings. The number of aromatic nitrogens is 3. The van der Waals surface area contributed by atoms with Crippen LogP contribution in [-0.4, -0.2) is 21.8 Å². The molecule has 0 aromatic carbocycles. The molecule has 1 N–H and O–H groups in total. The van der Waals surface area contributed by atoms with Gasteiger partial charge in [0.25, 0.3) is 0 Å². The number of aryl methyl sites for hydroxylation is 1. The maximum absolute atomic E-state index is 4.53. The summed E-state index contributed by atoms with van der Waals surface area (Å²) >= 11 is 0. The SMILES string of the molecule is CNC(C)c1nc(C2CC2)nn1C. The molecule has 0 amide bonds. The fourth-order valence-electron chi connectivity index (χ4n) is 1.44. The van der Waals surface area contributed by atoms with E-state index in [4.69, 9.17) is 0 Å². The second kappa shape index (κ2) is 3.10. The Morgan fingerprint density at radius 3 is 2.77 bits per heavy atom. The van der Waals surface area contributed by atoms with Gasteiger partial charge in [0.05, 0.1) is 6.04 Å². The van der Waals surface area contributed by atoms with E-state index in [1.807, 2.05) is 18.8 Å². The van der Waals surface area contributed by atoms with Crippen LogP contribution in [0.3, 0.4) is 0 Å². The van der Waals surface area contributed by atoms with E-state index in [2.05, 4.69) is 22.3 Å². The van der Waals surface area contributed by atoms with Crippen molar-refractivity contribution < 1.29 is 0 Å². The van der Waals surface area contributed by atoms with E-state index in [1.54, 1.807) is 0 Å². The second-order valence-corrected chi connectivity index (χ2v) is 3.74. The van der Waals surface area contributed by atoms with Gasteiger partial charge in [-0.25, -0.2) is 4.98 Å². The van der Waals surface area contributed by atoms with Crippen molar-refractivity contribution in [3.8, 4) is 0 Å². The minimum Gasteiger partial charge on any atom is -0.311 e. The second-order valence-electron chi connectivity index (χ2n) is 3.74. The van der Waals surface area contributed by atoms with Gasteiger partial charge in [-0.15, -0.1) is 0 Å². The lowest BCUT2D eigenvalue weighted by atomic mass is 10.3. The molecule has 0 saturated heterocycles. The van der Waals surface area contributed by atoms with Gasteiger partial charge in [0.15, 0.2) is 5.82 Å². The standard InChI is InChI=1S/C9H16N4/c1-6(10-2)9-11-8(7-4-5-7)12-13(9)3/h6-7,10H,4-5H2,1-3H3. The van der Waals surface area contributed by atoms with Gasteiger partial charge in [0.1, 0.15) is 5.82 Å². The minimum atomic E-state index is 0.282. The first-order chi connectivity index (χ1) is 6.22. The van der Waals surface area contributed by atoms with Gasteiger partial charge in [0, 0.05) is 13.0 Å². The van der Waals surface area contributed by atoms with Gasteiger partial charge in [0.2, 0.25) is 0 Å². The monoisotopic (exact) mass is 180 g/mol. The van der Waals surface area contributed by atoms with Crippen molar-refractivity contribution in [3.05, 3.63) is 11.6 Å². The molecule has 72 valence electrons. The molecular weight excluding hydrogens is 164 g/mol. The zero-order valence-corrected chi connectivity index (χ0v) is 8.41. The van der Waals surface area contributed by atoms with Gasteiger partial charge in [-0.05, 0) is 26.8 Å². The van der Waals surface area contributed by atoms with Crippen LogP contribution in [0.4, 0.5) is 0 Å². The van der Waals surface area contributed by atoms with Crippen LogP contribution in [0.1, 0.15) is 43.4 Å². The third kappa shape index (κ3) is 1.58. The van der Waals surface area contributed by atoms with Crippen LogP contribution in [0, 0.1) is 0 Å². The molecule has 1 unspecified atom stereocenters. The van der Waals surface area contributed by atoms with Gasteiger partial charge < -0.3 is 5.32 Å².